The van der Waals surface area contributed by atoms with E-state index in [9.17, 15) is 5.11 Å². The van der Waals surface area contributed by atoms with Crippen molar-refractivity contribution in [3.63, 3.8) is 0 Å². The Labute approximate surface area is 98.7 Å². The number of para-hydroxylation sites is 1. The second-order valence-electron chi connectivity index (χ2n) is 4.14. The summed E-state index contributed by atoms with van der Waals surface area (Å²) < 4.78 is 5.50. The van der Waals surface area contributed by atoms with E-state index in [1.165, 1.54) is 0 Å². The van der Waals surface area contributed by atoms with Gasteiger partial charge < -0.3 is 14.5 Å². The first kappa shape index (κ1) is 10.2. The molecule has 3 aromatic rings. The lowest BCUT2D eigenvalue weighted by Gasteiger charge is -1.93. The molecule has 3 rings (SSSR count). The van der Waals surface area contributed by atoms with Crippen LogP contribution < -0.4 is 0 Å². The highest BCUT2D eigenvalue weighted by Crippen LogP contribution is 2.30. The molecule has 2 heterocycles. The lowest BCUT2D eigenvalue weighted by atomic mass is 10.1. The molecule has 0 aliphatic rings. The molecule has 0 bridgehead atoms. The van der Waals surface area contributed by atoms with Gasteiger partial charge in [0.1, 0.15) is 11.8 Å². The van der Waals surface area contributed by atoms with Gasteiger partial charge in [0.25, 0.3) is 0 Å². The molecule has 0 spiro atoms. The van der Waals surface area contributed by atoms with Crippen molar-refractivity contribution in [2.45, 2.75) is 13.5 Å². The molecule has 2 N–H and O–H groups in total. The van der Waals surface area contributed by atoms with Crippen LogP contribution in [-0.4, -0.2) is 10.1 Å². The third kappa shape index (κ3) is 1.56. The van der Waals surface area contributed by atoms with Gasteiger partial charge in [0.05, 0.1) is 6.61 Å². The topological polar surface area (TPSA) is 49.2 Å². The molecule has 0 saturated heterocycles. The molecule has 0 atom stereocenters. The number of rotatable bonds is 2. The number of H-pyrrole nitrogens is 1. The van der Waals surface area contributed by atoms with Crippen LogP contribution in [0.25, 0.3) is 22.2 Å². The third-order valence-electron chi connectivity index (χ3n) is 3.06. The van der Waals surface area contributed by atoms with Crippen molar-refractivity contribution >= 4 is 11.0 Å². The second kappa shape index (κ2) is 3.79. The van der Waals surface area contributed by atoms with Gasteiger partial charge in [-0.1, -0.05) is 18.2 Å². The summed E-state index contributed by atoms with van der Waals surface area (Å²) in [6, 6.07) is 9.88. The van der Waals surface area contributed by atoms with Gasteiger partial charge in [0, 0.05) is 22.3 Å². The van der Waals surface area contributed by atoms with Crippen LogP contribution >= 0.6 is 0 Å². The van der Waals surface area contributed by atoms with Gasteiger partial charge in [-0.3, -0.25) is 0 Å². The monoisotopic (exact) mass is 227 g/mol. The van der Waals surface area contributed by atoms with E-state index in [4.69, 9.17) is 4.42 Å². The van der Waals surface area contributed by atoms with E-state index >= 15 is 0 Å². The van der Waals surface area contributed by atoms with E-state index in [0.29, 0.717) is 0 Å². The molecule has 86 valence electrons. The Morgan fingerprint density at radius 1 is 1.29 bits per heavy atom. The van der Waals surface area contributed by atoms with E-state index in [1.54, 1.807) is 6.26 Å². The van der Waals surface area contributed by atoms with Gasteiger partial charge >= 0.3 is 0 Å². The number of aromatic amines is 1. The van der Waals surface area contributed by atoms with Crippen LogP contribution in [0.3, 0.4) is 0 Å². The summed E-state index contributed by atoms with van der Waals surface area (Å²) in [6.07, 6.45) is 1.75. The van der Waals surface area contributed by atoms with Gasteiger partial charge in [0.15, 0.2) is 0 Å². The normalized spacial score (nSPS) is 11.2. The summed E-state index contributed by atoms with van der Waals surface area (Å²) in [7, 11) is 0. The number of nitrogens with one attached hydrogen (secondary N) is 1. The van der Waals surface area contributed by atoms with E-state index in [2.05, 4.69) is 4.98 Å². The molecular formula is C14H13NO2. The van der Waals surface area contributed by atoms with Crippen molar-refractivity contribution in [3.8, 4) is 11.3 Å². The fourth-order valence-corrected chi connectivity index (χ4v) is 2.10. The van der Waals surface area contributed by atoms with Crippen LogP contribution in [-0.2, 0) is 6.61 Å². The average molecular weight is 227 g/mol. The fraction of sp³-hybridized carbons (Fsp3) is 0.143. The van der Waals surface area contributed by atoms with Crippen LogP contribution in [0, 0.1) is 6.92 Å². The minimum atomic E-state index is 0.0537. The standard InChI is InChI=1S/C14H13NO2/c1-9-10(7-16)6-13(15-9)12-8-17-14-5-3-2-4-11(12)14/h2-6,8,15-16H,7H2,1H3. The van der Waals surface area contributed by atoms with Crippen molar-refractivity contribution in [1.82, 2.24) is 4.98 Å². The van der Waals surface area contributed by atoms with Crippen LogP contribution in [0.1, 0.15) is 11.3 Å². The lowest BCUT2D eigenvalue weighted by Crippen LogP contribution is -1.81. The van der Waals surface area contributed by atoms with Gasteiger partial charge in [-0.25, -0.2) is 0 Å². The van der Waals surface area contributed by atoms with Crippen LogP contribution in [0.15, 0.2) is 41.0 Å². The average Bonchev–Trinajstić information content (AvgIpc) is 2.92. The molecule has 3 heteroatoms. The zero-order chi connectivity index (χ0) is 11.8. The number of aryl methyl sites for hydroxylation is 1. The quantitative estimate of drug-likeness (QED) is 0.706. The van der Waals surface area contributed by atoms with E-state index in [1.807, 2.05) is 37.3 Å². The first-order valence-corrected chi connectivity index (χ1v) is 5.55. The zero-order valence-corrected chi connectivity index (χ0v) is 9.53. The van der Waals surface area contributed by atoms with Crippen molar-refractivity contribution < 1.29 is 9.52 Å². The Morgan fingerprint density at radius 3 is 2.88 bits per heavy atom. The molecule has 3 nitrogen and oxygen atoms in total. The molecular weight excluding hydrogens is 214 g/mol. The first-order chi connectivity index (χ1) is 8.29. The number of aliphatic hydroxyl groups is 1. The van der Waals surface area contributed by atoms with Crippen LogP contribution in [0.4, 0.5) is 0 Å². The minimum absolute atomic E-state index is 0.0537. The molecule has 2 aromatic heterocycles. The SMILES string of the molecule is Cc1[nH]c(-c2coc3ccccc23)cc1CO. The number of fused-ring (bicyclic) bond motifs is 1. The summed E-state index contributed by atoms with van der Waals surface area (Å²) in [5, 5.41) is 10.3. The number of benzene rings is 1. The van der Waals surface area contributed by atoms with E-state index < -0.39 is 0 Å². The molecule has 0 fully saturated rings. The maximum absolute atomic E-state index is 9.20. The van der Waals surface area contributed by atoms with E-state index in [-0.39, 0.29) is 6.61 Å². The van der Waals surface area contributed by atoms with Gasteiger partial charge in [-0.15, -0.1) is 0 Å². The van der Waals surface area contributed by atoms with Crippen molar-refractivity contribution in [2.75, 3.05) is 0 Å². The number of hydrogen-bond acceptors (Lipinski definition) is 2. The highest BCUT2D eigenvalue weighted by Gasteiger charge is 2.11. The first-order valence-electron chi connectivity index (χ1n) is 5.55. The summed E-state index contributed by atoms with van der Waals surface area (Å²) in [5.41, 5.74) is 4.80. The highest BCUT2D eigenvalue weighted by molar-refractivity contribution is 5.93. The van der Waals surface area contributed by atoms with Gasteiger partial charge in [0.2, 0.25) is 0 Å². The zero-order valence-electron chi connectivity index (χ0n) is 9.53. The molecule has 0 aliphatic heterocycles. The number of aromatic nitrogens is 1. The maximum Gasteiger partial charge on any atom is 0.134 e. The molecule has 0 saturated carbocycles. The highest BCUT2D eigenvalue weighted by atomic mass is 16.3. The summed E-state index contributed by atoms with van der Waals surface area (Å²) >= 11 is 0. The fourth-order valence-electron chi connectivity index (χ4n) is 2.10. The van der Waals surface area contributed by atoms with Crippen LogP contribution in [0.5, 0.6) is 0 Å². The summed E-state index contributed by atoms with van der Waals surface area (Å²) in [6.45, 7) is 2.01. The Morgan fingerprint density at radius 2 is 2.12 bits per heavy atom. The molecule has 0 aliphatic carbocycles. The van der Waals surface area contributed by atoms with Gasteiger partial charge in [-0.2, -0.15) is 0 Å². The summed E-state index contributed by atoms with van der Waals surface area (Å²) in [5.74, 6) is 0. The van der Waals surface area contributed by atoms with E-state index in [0.717, 1.165) is 33.5 Å². The largest absolute Gasteiger partial charge is 0.464 e. The minimum Gasteiger partial charge on any atom is -0.464 e. The Kier molecular flexibility index (Phi) is 2.27. The molecule has 0 unspecified atom stereocenters. The Balaban J connectivity index is 2.20. The number of furan rings is 1. The Hall–Kier alpha value is -2.00. The molecule has 17 heavy (non-hydrogen) atoms. The Bertz CT molecular complexity index is 664. The van der Waals surface area contributed by atoms with Crippen LogP contribution in [0.2, 0.25) is 0 Å². The van der Waals surface area contributed by atoms with Gasteiger partial charge in [-0.05, 0) is 24.6 Å². The van der Waals surface area contributed by atoms with Crippen molar-refractivity contribution in [3.05, 3.63) is 47.9 Å². The molecule has 0 amide bonds. The lowest BCUT2D eigenvalue weighted by molar-refractivity contribution is 0.281. The third-order valence-corrected chi connectivity index (χ3v) is 3.06. The second-order valence-corrected chi connectivity index (χ2v) is 4.14. The molecule has 0 radical (unpaired) electrons. The smallest absolute Gasteiger partial charge is 0.134 e. The predicted molar refractivity (Wildman–Crippen MR) is 66.7 cm³/mol. The van der Waals surface area contributed by atoms with Crippen molar-refractivity contribution in [2.24, 2.45) is 0 Å². The number of hydrogen-bond donors (Lipinski definition) is 2. The number of aliphatic hydroxyl groups excluding tert-OH is 1. The molecule has 1 aromatic carbocycles. The predicted octanol–water partition coefficient (Wildman–Crippen LogP) is 3.23. The van der Waals surface area contributed by atoms with Crippen molar-refractivity contribution in [1.29, 1.82) is 0 Å². The summed E-state index contributed by atoms with van der Waals surface area (Å²) in [4.78, 5) is 3.27. The maximum atomic E-state index is 9.20.